The van der Waals surface area contributed by atoms with E-state index in [4.69, 9.17) is 4.74 Å². The van der Waals surface area contributed by atoms with Crippen LogP contribution in [0.15, 0.2) is 12.2 Å². The standard InChI is InChI=1S/C58H113NO5/c1-3-5-7-9-11-13-15-17-18-19-20-21-22-24-27-30-34-38-42-46-50-56(61)55(54-60)59-57(62)51-47-43-39-35-31-28-25-23-26-29-33-37-41-45-49-53-64-58(63)52-48-44-40-36-32-16-14-12-10-8-6-4-2/h46,50,55-56,60-61H,3-45,47-49,51-54H2,1-2H3,(H,59,62)/b50-46+. The van der Waals surface area contributed by atoms with E-state index in [0.717, 1.165) is 44.9 Å². The number of nitrogens with one attached hydrogen (secondary N) is 1. The quantitative estimate of drug-likeness (QED) is 0.0321. The van der Waals surface area contributed by atoms with Gasteiger partial charge in [-0.2, -0.15) is 0 Å². The molecule has 0 aliphatic carbocycles. The Labute approximate surface area is 399 Å². The smallest absolute Gasteiger partial charge is 0.305 e. The van der Waals surface area contributed by atoms with E-state index < -0.39 is 12.1 Å². The van der Waals surface area contributed by atoms with Crippen molar-refractivity contribution in [1.82, 2.24) is 5.32 Å². The van der Waals surface area contributed by atoms with Crippen molar-refractivity contribution in [1.29, 1.82) is 0 Å². The Balaban J connectivity index is 3.46. The normalized spacial score (nSPS) is 12.6. The van der Waals surface area contributed by atoms with Crippen LogP contribution in [0.2, 0.25) is 0 Å². The second kappa shape index (κ2) is 54.2. The van der Waals surface area contributed by atoms with Crippen LogP contribution < -0.4 is 5.32 Å². The summed E-state index contributed by atoms with van der Waals surface area (Å²) >= 11 is 0. The fourth-order valence-corrected chi connectivity index (χ4v) is 9.11. The van der Waals surface area contributed by atoms with Gasteiger partial charge in [0.1, 0.15) is 0 Å². The van der Waals surface area contributed by atoms with Crippen LogP contribution in [0.4, 0.5) is 0 Å². The first kappa shape index (κ1) is 62.6. The SMILES string of the molecule is CCCCCCCCCCCCCCCCCCCC/C=C/C(O)C(CO)NC(=O)CCCCCCCCCCCCCCCCCOC(=O)CCCCCCCCCCCCCC. The van der Waals surface area contributed by atoms with Crippen LogP contribution in [-0.4, -0.2) is 47.4 Å². The molecule has 0 aliphatic rings. The first-order valence-electron chi connectivity index (χ1n) is 29.0. The third kappa shape index (κ3) is 50.0. The van der Waals surface area contributed by atoms with Gasteiger partial charge in [0.15, 0.2) is 0 Å². The van der Waals surface area contributed by atoms with Crippen molar-refractivity contribution < 1.29 is 24.5 Å². The number of amides is 1. The Morgan fingerprint density at radius 2 is 0.719 bits per heavy atom. The van der Waals surface area contributed by atoms with Crippen molar-refractivity contribution >= 4 is 11.9 Å². The van der Waals surface area contributed by atoms with E-state index >= 15 is 0 Å². The minimum atomic E-state index is -0.850. The molecular weight excluding hydrogens is 791 g/mol. The highest BCUT2D eigenvalue weighted by Gasteiger charge is 2.18. The van der Waals surface area contributed by atoms with Crippen LogP contribution in [-0.2, 0) is 14.3 Å². The molecular formula is C58H113NO5. The van der Waals surface area contributed by atoms with Gasteiger partial charge in [0.2, 0.25) is 5.91 Å². The van der Waals surface area contributed by atoms with E-state index in [0.29, 0.717) is 19.4 Å². The monoisotopic (exact) mass is 904 g/mol. The van der Waals surface area contributed by atoms with Gasteiger partial charge in [-0.3, -0.25) is 9.59 Å². The summed E-state index contributed by atoms with van der Waals surface area (Å²) in [6, 6.07) is -0.634. The van der Waals surface area contributed by atoms with Gasteiger partial charge < -0.3 is 20.3 Å². The van der Waals surface area contributed by atoms with Gasteiger partial charge in [0.25, 0.3) is 0 Å². The van der Waals surface area contributed by atoms with Crippen molar-refractivity contribution in [2.45, 2.75) is 334 Å². The summed E-state index contributed by atoms with van der Waals surface area (Å²) < 4.78 is 5.46. The highest BCUT2D eigenvalue weighted by atomic mass is 16.5. The summed E-state index contributed by atoms with van der Waals surface area (Å²) in [5.74, 6) is -0.0723. The summed E-state index contributed by atoms with van der Waals surface area (Å²) in [7, 11) is 0. The number of ether oxygens (including phenoxy) is 1. The zero-order chi connectivity index (χ0) is 46.5. The van der Waals surface area contributed by atoms with E-state index in [1.807, 2.05) is 6.08 Å². The lowest BCUT2D eigenvalue weighted by molar-refractivity contribution is -0.143. The second-order valence-electron chi connectivity index (χ2n) is 20.0. The lowest BCUT2D eigenvalue weighted by atomic mass is 10.0. The van der Waals surface area contributed by atoms with E-state index in [1.54, 1.807) is 6.08 Å². The van der Waals surface area contributed by atoms with Crippen LogP contribution >= 0.6 is 0 Å². The molecule has 0 heterocycles. The average molecular weight is 905 g/mol. The molecule has 0 bridgehead atoms. The van der Waals surface area contributed by atoms with Crippen LogP contribution in [0.5, 0.6) is 0 Å². The van der Waals surface area contributed by atoms with Crippen molar-refractivity contribution in [3.63, 3.8) is 0 Å². The summed E-state index contributed by atoms with van der Waals surface area (Å²) in [4.78, 5) is 24.5. The fourth-order valence-electron chi connectivity index (χ4n) is 9.11. The van der Waals surface area contributed by atoms with E-state index in [-0.39, 0.29) is 18.5 Å². The molecule has 0 rings (SSSR count). The molecule has 0 aliphatic heterocycles. The molecule has 2 atom stereocenters. The minimum absolute atomic E-state index is 0.000913. The molecule has 2 unspecified atom stereocenters. The molecule has 1 amide bonds. The first-order valence-corrected chi connectivity index (χ1v) is 29.0. The molecule has 380 valence electrons. The number of carbonyl (C=O) groups is 2. The highest BCUT2D eigenvalue weighted by molar-refractivity contribution is 5.76. The highest BCUT2D eigenvalue weighted by Crippen LogP contribution is 2.17. The van der Waals surface area contributed by atoms with Crippen LogP contribution in [0, 0.1) is 0 Å². The molecule has 0 saturated heterocycles. The molecule has 0 fully saturated rings. The number of allylic oxidation sites excluding steroid dienone is 1. The van der Waals surface area contributed by atoms with Crippen LogP contribution in [0.1, 0.15) is 322 Å². The number of hydrogen-bond acceptors (Lipinski definition) is 5. The number of aliphatic hydroxyl groups excluding tert-OH is 2. The van der Waals surface area contributed by atoms with Crippen molar-refractivity contribution in [3.8, 4) is 0 Å². The topological polar surface area (TPSA) is 95.9 Å². The molecule has 64 heavy (non-hydrogen) atoms. The van der Waals surface area contributed by atoms with Gasteiger partial charge in [-0.25, -0.2) is 0 Å². The number of hydrogen-bond donors (Lipinski definition) is 3. The van der Waals surface area contributed by atoms with Gasteiger partial charge >= 0.3 is 5.97 Å². The molecule has 3 N–H and O–H groups in total. The molecule has 0 aromatic rings. The lowest BCUT2D eigenvalue weighted by Crippen LogP contribution is -2.45. The van der Waals surface area contributed by atoms with Gasteiger partial charge in [-0.15, -0.1) is 0 Å². The first-order chi connectivity index (χ1) is 31.5. The average Bonchev–Trinajstić information content (AvgIpc) is 3.29. The zero-order valence-corrected chi connectivity index (χ0v) is 43.3. The molecule has 0 aromatic heterocycles. The molecule has 0 spiro atoms. The molecule has 0 saturated carbocycles. The fraction of sp³-hybridized carbons (Fsp3) is 0.931. The van der Waals surface area contributed by atoms with Gasteiger partial charge in [-0.1, -0.05) is 289 Å². The van der Waals surface area contributed by atoms with Crippen molar-refractivity contribution in [2.24, 2.45) is 0 Å². The van der Waals surface area contributed by atoms with E-state index in [2.05, 4.69) is 19.2 Å². The molecule has 0 aromatic carbocycles. The Morgan fingerprint density at radius 1 is 0.422 bits per heavy atom. The number of carbonyl (C=O) groups excluding carboxylic acids is 2. The number of aliphatic hydroxyl groups is 2. The third-order valence-corrected chi connectivity index (χ3v) is 13.6. The van der Waals surface area contributed by atoms with E-state index in [9.17, 15) is 19.8 Å². The van der Waals surface area contributed by atoms with Crippen LogP contribution in [0.3, 0.4) is 0 Å². The largest absolute Gasteiger partial charge is 0.466 e. The Hall–Kier alpha value is -1.40. The zero-order valence-electron chi connectivity index (χ0n) is 43.3. The van der Waals surface area contributed by atoms with Gasteiger partial charge in [0.05, 0.1) is 25.4 Å². The number of esters is 1. The van der Waals surface area contributed by atoms with Gasteiger partial charge in [-0.05, 0) is 32.1 Å². The predicted octanol–water partition coefficient (Wildman–Crippen LogP) is 17.7. The van der Waals surface area contributed by atoms with E-state index in [1.165, 1.54) is 250 Å². The Kier molecular flexibility index (Phi) is 53.0. The number of rotatable bonds is 54. The third-order valence-electron chi connectivity index (χ3n) is 13.6. The maximum atomic E-state index is 12.5. The van der Waals surface area contributed by atoms with Crippen molar-refractivity contribution in [2.75, 3.05) is 13.2 Å². The summed E-state index contributed by atoms with van der Waals surface area (Å²) in [6.45, 7) is 4.91. The molecule has 0 radical (unpaired) electrons. The molecule has 6 heteroatoms. The summed E-state index contributed by atoms with van der Waals surface area (Å²) in [5, 5.41) is 23.2. The maximum absolute atomic E-state index is 12.5. The minimum Gasteiger partial charge on any atom is -0.466 e. The Bertz CT molecular complexity index is 955. The Morgan fingerprint density at radius 3 is 1.06 bits per heavy atom. The van der Waals surface area contributed by atoms with Crippen molar-refractivity contribution in [3.05, 3.63) is 12.2 Å². The lowest BCUT2D eigenvalue weighted by Gasteiger charge is -2.20. The van der Waals surface area contributed by atoms with Crippen LogP contribution in [0.25, 0.3) is 0 Å². The number of unbranched alkanes of at least 4 members (excludes halogenated alkanes) is 43. The predicted molar refractivity (Wildman–Crippen MR) is 278 cm³/mol. The summed E-state index contributed by atoms with van der Waals surface area (Å²) in [6.07, 6.45) is 63.7. The second-order valence-corrected chi connectivity index (χ2v) is 20.0. The molecule has 6 nitrogen and oxygen atoms in total. The van der Waals surface area contributed by atoms with Gasteiger partial charge in [0, 0.05) is 12.8 Å². The summed E-state index contributed by atoms with van der Waals surface area (Å²) in [5.41, 5.74) is 0. The maximum Gasteiger partial charge on any atom is 0.305 e.